The van der Waals surface area contributed by atoms with Crippen molar-refractivity contribution < 1.29 is 0 Å². The number of nitrogens with one attached hydrogen (secondary N) is 2. The summed E-state index contributed by atoms with van der Waals surface area (Å²) < 4.78 is 0. The molecule has 0 fully saturated rings. The van der Waals surface area contributed by atoms with Crippen LogP contribution in [0, 0.1) is 6.92 Å². The minimum absolute atomic E-state index is 0.799. The second-order valence-electron chi connectivity index (χ2n) is 3.90. The van der Waals surface area contributed by atoms with Gasteiger partial charge in [0.1, 0.15) is 11.3 Å². The lowest BCUT2D eigenvalue weighted by Gasteiger charge is -1.94. The van der Waals surface area contributed by atoms with Crippen molar-refractivity contribution in [1.29, 1.82) is 0 Å². The second kappa shape index (κ2) is 3.97. The third kappa shape index (κ3) is 1.89. The standard InChI is InChI=1S/C11H12N6/c1-7-15-9(17-16-7)3-2-8-6-14-11-10(8)12-4-5-13-11/h4-6H,2-3H2,1H3,(H,13,14)(H,15,16,17). The summed E-state index contributed by atoms with van der Waals surface area (Å²) >= 11 is 0. The Hall–Kier alpha value is -2.24. The van der Waals surface area contributed by atoms with Gasteiger partial charge in [-0.25, -0.2) is 9.97 Å². The molecule has 3 rings (SSSR count). The van der Waals surface area contributed by atoms with Crippen LogP contribution in [0.2, 0.25) is 0 Å². The van der Waals surface area contributed by atoms with Gasteiger partial charge in [-0.2, -0.15) is 5.10 Å². The van der Waals surface area contributed by atoms with E-state index in [9.17, 15) is 0 Å². The van der Waals surface area contributed by atoms with Crippen LogP contribution < -0.4 is 0 Å². The van der Waals surface area contributed by atoms with Gasteiger partial charge >= 0.3 is 0 Å². The first-order chi connectivity index (χ1) is 8.33. The van der Waals surface area contributed by atoms with Crippen LogP contribution in [0.15, 0.2) is 18.6 Å². The van der Waals surface area contributed by atoms with Crippen molar-refractivity contribution in [1.82, 2.24) is 30.1 Å². The lowest BCUT2D eigenvalue weighted by molar-refractivity contribution is 0.867. The molecule has 0 aliphatic carbocycles. The molecule has 3 aromatic rings. The zero-order chi connectivity index (χ0) is 11.7. The number of aromatic amines is 2. The van der Waals surface area contributed by atoms with E-state index < -0.39 is 0 Å². The van der Waals surface area contributed by atoms with Crippen LogP contribution >= 0.6 is 0 Å². The Morgan fingerprint density at radius 1 is 1.18 bits per heavy atom. The summed E-state index contributed by atoms with van der Waals surface area (Å²) in [6.07, 6.45) is 6.99. The number of hydrogen-bond donors (Lipinski definition) is 2. The fraction of sp³-hybridized carbons (Fsp3) is 0.273. The summed E-state index contributed by atoms with van der Waals surface area (Å²) in [5.41, 5.74) is 2.91. The maximum Gasteiger partial charge on any atom is 0.156 e. The van der Waals surface area contributed by atoms with Gasteiger partial charge in [-0.05, 0) is 18.9 Å². The Balaban J connectivity index is 1.81. The first-order valence-corrected chi connectivity index (χ1v) is 5.48. The molecule has 0 saturated heterocycles. The van der Waals surface area contributed by atoms with E-state index in [0.29, 0.717) is 0 Å². The monoisotopic (exact) mass is 228 g/mol. The number of nitrogens with zero attached hydrogens (tertiary/aromatic N) is 4. The predicted octanol–water partition coefficient (Wildman–Crippen LogP) is 1.17. The van der Waals surface area contributed by atoms with Crippen molar-refractivity contribution in [2.75, 3.05) is 0 Å². The van der Waals surface area contributed by atoms with Gasteiger partial charge in [0.05, 0.1) is 0 Å². The molecule has 2 N–H and O–H groups in total. The molecule has 17 heavy (non-hydrogen) atoms. The van der Waals surface area contributed by atoms with Crippen LogP contribution in [0.1, 0.15) is 17.2 Å². The number of hydrogen-bond acceptors (Lipinski definition) is 4. The number of aromatic nitrogens is 6. The Morgan fingerprint density at radius 3 is 2.88 bits per heavy atom. The van der Waals surface area contributed by atoms with Gasteiger partial charge < -0.3 is 4.98 Å². The molecule has 0 amide bonds. The highest BCUT2D eigenvalue weighted by Gasteiger charge is 2.07. The topological polar surface area (TPSA) is 83.1 Å². The molecule has 6 nitrogen and oxygen atoms in total. The van der Waals surface area contributed by atoms with Crippen LogP contribution in [0.3, 0.4) is 0 Å². The molecule has 0 aliphatic heterocycles. The highest BCUT2D eigenvalue weighted by atomic mass is 15.2. The largest absolute Gasteiger partial charge is 0.345 e. The van der Waals surface area contributed by atoms with E-state index in [0.717, 1.165) is 41.2 Å². The first-order valence-electron chi connectivity index (χ1n) is 5.48. The highest BCUT2D eigenvalue weighted by Crippen LogP contribution is 2.14. The van der Waals surface area contributed by atoms with E-state index >= 15 is 0 Å². The first kappa shape index (κ1) is 9.95. The maximum absolute atomic E-state index is 4.32. The van der Waals surface area contributed by atoms with E-state index in [-0.39, 0.29) is 0 Å². The van der Waals surface area contributed by atoms with Gasteiger partial charge in [0.25, 0.3) is 0 Å². The lowest BCUT2D eigenvalue weighted by Crippen LogP contribution is -1.93. The van der Waals surface area contributed by atoms with Gasteiger partial charge in [0, 0.05) is 25.0 Å². The fourth-order valence-corrected chi connectivity index (χ4v) is 1.84. The molecule has 86 valence electrons. The van der Waals surface area contributed by atoms with Gasteiger partial charge in [0.15, 0.2) is 11.5 Å². The molecule has 0 saturated carbocycles. The molecule has 6 heteroatoms. The third-order valence-corrected chi connectivity index (χ3v) is 2.65. The molecular weight excluding hydrogens is 216 g/mol. The number of H-pyrrole nitrogens is 2. The van der Waals surface area contributed by atoms with Crippen molar-refractivity contribution in [2.24, 2.45) is 0 Å². The van der Waals surface area contributed by atoms with Crippen molar-refractivity contribution in [3.63, 3.8) is 0 Å². The second-order valence-corrected chi connectivity index (χ2v) is 3.90. The van der Waals surface area contributed by atoms with Crippen molar-refractivity contribution >= 4 is 11.2 Å². The van der Waals surface area contributed by atoms with Gasteiger partial charge in [-0.15, -0.1) is 0 Å². The minimum atomic E-state index is 0.799. The minimum Gasteiger partial charge on any atom is -0.345 e. The number of fused-ring (bicyclic) bond motifs is 1. The summed E-state index contributed by atoms with van der Waals surface area (Å²) in [5.74, 6) is 1.68. The molecule has 0 aromatic carbocycles. The SMILES string of the molecule is Cc1nc(CCc2c[nH]c3nccnc23)n[nH]1. The van der Waals surface area contributed by atoms with Crippen molar-refractivity contribution in [3.05, 3.63) is 35.8 Å². The average molecular weight is 228 g/mol. The Kier molecular flexibility index (Phi) is 2.32. The van der Waals surface area contributed by atoms with E-state index in [1.807, 2.05) is 13.1 Å². The Labute approximate surface area is 97.5 Å². The fourth-order valence-electron chi connectivity index (χ4n) is 1.84. The molecule has 0 unspecified atom stereocenters. The highest BCUT2D eigenvalue weighted by molar-refractivity contribution is 5.74. The summed E-state index contributed by atoms with van der Waals surface area (Å²) in [5, 5.41) is 6.95. The molecule has 3 heterocycles. The molecular formula is C11H12N6. The van der Waals surface area contributed by atoms with Crippen LogP contribution in [-0.2, 0) is 12.8 Å². The molecule has 0 spiro atoms. The van der Waals surface area contributed by atoms with Gasteiger partial charge in [-0.3, -0.25) is 10.1 Å². The maximum atomic E-state index is 4.32. The molecule has 0 bridgehead atoms. The molecule has 0 atom stereocenters. The Morgan fingerprint density at radius 2 is 2.06 bits per heavy atom. The van der Waals surface area contributed by atoms with Crippen LogP contribution in [-0.4, -0.2) is 30.1 Å². The predicted molar refractivity (Wildman–Crippen MR) is 62.4 cm³/mol. The zero-order valence-corrected chi connectivity index (χ0v) is 9.44. The molecule has 0 radical (unpaired) electrons. The Bertz CT molecular complexity index is 638. The summed E-state index contributed by atoms with van der Waals surface area (Å²) in [4.78, 5) is 15.9. The van der Waals surface area contributed by atoms with Crippen molar-refractivity contribution in [2.45, 2.75) is 19.8 Å². The van der Waals surface area contributed by atoms with Crippen LogP contribution in [0.4, 0.5) is 0 Å². The van der Waals surface area contributed by atoms with Gasteiger partial charge in [0.2, 0.25) is 0 Å². The van der Waals surface area contributed by atoms with E-state index in [1.54, 1.807) is 12.4 Å². The number of rotatable bonds is 3. The lowest BCUT2D eigenvalue weighted by atomic mass is 10.1. The summed E-state index contributed by atoms with van der Waals surface area (Å²) in [7, 11) is 0. The van der Waals surface area contributed by atoms with E-state index in [4.69, 9.17) is 0 Å². The molecule has 0 aliphatic rings. The average Bonchev–Trinajstić information content (AvgIpc) is 2.93. The van der Waals surface area contributed by atoms with Crippen LogP contribution in [0.25, 0.3) is 11.2 Å². The van der Waals surface area contributed by atoms with E-state index in [2.05, 4.69) is 30.1 Å². The van der Waals surface area contributed by atoms with Gasteiger partial charge in [-0.1, -0.05) is 0 Å². The van der Waals surface area contributed by atoms with Crippen LogP contribution in [0.5, 0.6) is 0 Å². The normalized spacial score (nSPS) is 11.1. The summed E-state index contributed by atoms with van der Waals surface area (Å²) in [6, 6.07) is 0. The molecule has 3 aromatic heterocycles. The summed E-state index contributed by atoms with van der Waals surface area (Å²) in [6.45, 7) is 1.90. The van der Waals surface area contributed by atoms with Crippen molar-refractivity contribution in [3.8, 4) is 0 Å². The van der Waals surface area contributed by atoms with E-state index in [1.165, 1.54) is 0 Å². The number of aryl methyl sites for hydroxylation is 3. The third-order valence-electron chi connectivity index (χ3n) is 2.65. The smallest absolute Gasteiger partial charge is 0.156 e. The quantitative estimate of drug-likeness (QED) is 0.704. The zero-order valence-electron chi connectivity index (χ0n) is 9.44.